The van der Waals surface area contributed by atoms with Crippen molar-refractivity contribution in [2.75, 3.05) is 0 Å². The lowest BCUT2D eigenvalue weighted by Gasteiger charge is -2.24. The quantitative estimate of drug-likeness (QED) is 0.116. The zero-order valence-electron chi connectivity index (χ0n) is 47.2. The van der Waals surface area contributed by atoms with E-state index in [1.807, 2.05) is 38.1 Å². The number of hydrogen-bond acceptors (Lipinski definition) is 1. The molecule has 0 saturated heterocycles. The van der Waals surface area contributed by atoms with Crippen LogP contribution >= 0.6 is 0 Å². The predicted molar refractivity (Wildman–Crippen MR) is 317 cm³/mol. The highest BCUT2D eigenvalue weighted by atomic mass is 19.4. The van der Waals surface area contributed by atoms with Gasteiger partial charge in [0.05, 0.1) is 79.5 Å². The number of hydrogen-bond donors (Lipinski definition) is 0. The zero-order chi connectivity index (χ0) is 64.5. The number of aryl methyl sites for hydroxylation is 4. The lowest BCUT2D eigenvalue weighted by atomic mass is 9.92. The molecule has 0 aliphatic carbocycles. The van der Waals surface area contributed by atoms with Crippen LogP contribution in [0.5, 0.6) is 0 Å². The maximum atomic E-state index is 16.1. The highest BCUT2D eigenvalue weighted by Crippen LogP contribution is 2.52. The molecule has 0 aliphatic heterocycles. The van der Waals surface area contributed by atoms with Crippen LogP contribution in [0.1, 0.15) is 55.6 Å². The van der Waals surface area contributed by atoms with E-state index in [0.717, 1.165) is 59.2 Å². The second-order valence-electron chi connectivity index (χ2n) is 22.3. The summed E-state index contributed by atoms with van der Waals surface area (Å²) < 4.78 is 224. The van der Waals surface area contributed by atoms with E-state index >= 15 is 13.2 Å². The molecular weight excluding hydrogens is 1190 g/mol. The zero-order valence-corrected chi connectivity index (χ0v) is 47.2. The molecular formula is C71H41F15N4. The summed E-state index contributed by atoms with van der Waals surface area (Å²) in [6.45, 7) is 15.2. The summed E-state index contributed by atoms with van der Waals surface area (Å²) in [6.07, 6.45) is -25.3. The van der Waals surface area contributed by atoms with E-state index in [0.29, 0.717) is 45.1 Å². The van der Waals surface area contributed by atoms with E-state index in [2.05, 4.69) is 10.9 Å². The van der Waals surface area contributed by atoms with Gasteiger partial charge >= 0.3 is 30.9 Å². The smallest absolute Gasteiger partial charge is 0.309 e. The van der Waals surface area contributed by atoms with Crippen LogP contribution in [0.4, 0.5) is 71.5 Å². The first-order valence-corrected chi connectivity index (χ1v) is 27.4. The molecule has 0 N–H and O–H groups in total. The van der Waals surface area contributed by atoms with Gasteiger partial charge in [0.2, 0.25) is 0 Å². The highest BCUT2D eigenvalue weighted by molar-refractivity contribution is 6.15. The summed E-state index contributed by atoms with van der Waals surface area (Å²) in [6, 6.07) is 39.2. The van der Waals surface area contributed by atoms with Gasteiger partial charge in [-0.05, 0) is 186 Å². The first kappa shape index (κ1) is 60.0. The minimum atomic E-state index is -5.27. The fraction of sp³-hybridized carbons (Fsp3) is 0.127. The Kier molecular flexibility index (Phi) is 14.2. The van der Waals surface area contributed by atoms with Gasteiger partial charge in [0.25, 0.3) is 0 Å². The maximum Gasteiger partial charge on any atom is 0.416 e. The Morgan fingerprint density at radius 1 is 0.344 bits per heavy atom. The lowest BCUT2D eigenvalue weighted by molar-refractivity contribution is -0.143. The first-order valence-electron chi connectivity index (χ1n) is 27.4. The Morgan fingerprint density at radius 3 is 0.989 bits per heavy atom. The molecule has 0 atom stereocenters. The van der Waals surface area contributed by atoms with Crippen molar-refractivity contribution < 1.29 is 65.9 Å². The summed E-state index contributed by atoms with van der Waals surface area (Å²) in [5.74, 6) is 0. The largest absolute Gasteiger partial charge is 0.416 e. The first-order chi connectivity index (χ1) is 42.3. The molecule has 450 valence electrons. The third-order valence-corrected chi connectivity index (χ3v) is 15.9. The molecule has 12 aromatic rings. The maximum absolute atomic E-state index is 16.1. The number of nitrogens with zero attached hydrogens (tertiary/aromatic N) is 4. The van der Waals surface area contributed by atoms with Crippen molar-refractivity contribution in [1.82, 2.24) is 9.13 Å². The van der Waals surface area contributed by atoms with Gasteiger partial charge in [-0.1, -0.05) is 83.9 Å². The standard InChI is InChI=1S/C71H41F15N4/c1-36-17-37(2)19-45(18-36)41-9-13-59-53(30-41)54-31-42(46-20-38(3)22-49(26-46)67(72,73)74)10-14-60(54)89(59)63-24-40(35-87)25-64(66(63)65-57(71(84,85)86)7-6-8-58(65)88-5)90-61-15-11-43(47-21-39(4)23-50(27-47)68(75,76)77)32-55(61)56-33-44(12-16-62(56)90)48-28-51(69(78,79)80)34-52(29-48)70(81,82)83/h6-34H,1-4H3. The van der Waals surface area contributed by atoms with E-state index in [1.54, 1.807) is 34.9 Å². The van der Waals surface area contributed by atoms with Gasteiger partial charge < -0.3 is 9.13 Å². The molecule has 0 spiro atoms. The molecule has 12 rings (SSSR count). The van der Waals surface area contributed by atoms with Crippen molar-refractivity contribution in [2.45, 2.75) is 58.6 Å². The number of benzene rings is 10. The minimum absolute atomic E-state index is 0.0200. The number of alkyl halides is 15. The lowest BCUT2D eigenvalue weighted by Crippen LogP contribution is -2.11. The van der Waals surface area contributed by atoms with Gasteiger partial charge in [-0.2, -0.15) is 71.1 Å². The van der Waals surface area contributed by atoms with Crippen molar-refractivity contribution in [3.05, 3.63) is 243 Å². The van der Waals surface area contributed by atoms with E-state index in [9.17, 15) is 57.9 Å². The number of fused-ring (bicyclic) bond motifs is 6. The van der Waals surface area contributed by atoms with Crippen molar-refractivity contribution >= 4 is 49.3 Å². The molecule has 0 amide bonds. The molecule has 4 nitrogen and oxygen atoms in total. The molecule has 10 aromatic carbocycles. The second-order valence-corrected chi connectivity index (χ2v) is 22.3. The van der Waals surface area contributed by atoms with Gasteiger partial charge in [-0.3, -0.25) is 0 Å². The molecule has 0 bridgehead atoms. The number of halogens is 15. The summed E-state index contributed by atoms with van der Waals surface area (Å²) >= 11 is 0. The van der Waals surface area contributed by atoms with Gasteiger partial charge in [-0.25, -0.2) is 4.85 Å². The van der Waals surface area contributed by atoms with Crippen LogP contribution < -0.4 is 0 Å². The summed E-state index contributed by atoms with van der Waals surface area (Å²) in [5.41, 5.74) is -4.40. The van der Waals surface area contributed by atoms with Crippen LogP contribution in [0.25, 0.3) is 115 Å². The van der Waals surface area contributed by atoms with E-state index in [-0.39, 0.29) is 83.7 Å². The van der Waals surface area contributed by atoms with Gasteiger partial charge in [0.1, 0.15) is 0 Å². The van der Waals surface area contributed by atoms with Gasteiger partial charge in [0.15, 0.2) is 5.69 Å². The molecule has 0 radical (unpaired) electrons. The Morgan fingerprint density at radius 2 is 0.667 bits per heavy atom. The van der Waals surface area contributed by atoms with Crippen LogP contribution in [0.2, 0.25) is 0 Å². The predicted octanol–water partition coefficient (Wildman–Crippen LogP) is 23.0. The summed E-state index contributed by atoms with van der Waals surface area (Å²) in [5, 5.41) is 12.1. The van der Waals surface area contributed by atoms with Crippen LogP contribution in [-0.4, -0.2) is 9.13 Å². The van der Waals surface area contributed by atoms with Gasteiger partial charge in [0, 0.05) is 32.7 Å². The fourth-order valence-corrected chi connectivity index (χ4v) is 12.2. The summed E-state index contributed by atoms with van der Waals surface area (Å²) in [7, 11) is 0. The molecule has 0 aliphatic rings. The third-order valence-electron chi connectivity index (χ3n) is 15.9. The van der Waals surface area contributed by atoms with Crippen molar-refractivity contribution in [3.63, 3.8) is 0 Å². The molecule has 0 saturated carbocycles. The van der Waals surface area contributed by atoms with Crippen LogP contribution in [0.15, 0.2) is 176 Å². The number of aromatic nitrogens is 2. The van der Waals surface area contributed by atoms with E-state index in [1.165, 1.54) is 79.1 Å². The van der Waals surface area contributed by atoms with Crippen molar-refractivity contribution in [2.24, 2.45) is 0 Å². The van der Waals surface area contributed by atoms with Crippen LogP contribution in [-0.2, 0) is 30.9 Å². The van der Waals surface area contributed by atoms with Crippen LogP contribution in [0.3, 0.4) is 0 Å². The second kappa shape index (κ2) is 21.2. The number of rotatable bonds is 7. The van der Waals surface area contributed by atoms with Crippen molar-refractivity contribution in [1.29, 1.82) is 5.26 Å². The van der Waals surface area contributed by atoms with Crippen LogP contribution in [0, 0.1) is 45.6 Å². The van der Waals surface area contributed by atoms with E-state index in [4.69, 9.17) is 6.57 Å². The molecule has 90 heavy (non-hydrogen) atoms. The Bertz CT molecular complexity index is 5020. The van der Waals surface area contributed by atoms with E-state index < -0.39 is 75.5 Å². The Balaban J connectivity index is 1.24. The highest BCUT2D eigenvalue weighted by Gasteiger charge is 2.40. The number of nitriles is 1. The molecule has 0 unspecified atom stereocenters. The molecule has 19 heteroatoms. The Hall–Kier alpha value is -10.3. The SMILES string of the molecule is [C-]#[N+]c1cccc(C(F)(F)F)c1-c1c(-n2c3ccc(-c4cc(C)cc(C)c4)cc3c3cc(-c4cc(C)cc(C(F)(F)F)c4)ccc32)cc(C#N)cc1-n1c2ccc(-c3cc(C)cc(C(F)(F)F)c3)cc2c2cc(-c3cc(C(F)(F)F)cc(C(F)(F)F)c3)ccc21. The third kappa shape index (κ3) is 10.8. The monoisotopic (exact) mass is 1230 g/mol. The van der Waals surface area contributed by atoms with Gasteiger partial charge in [-0.15, -0.1) is 0 Å². The fourth-order valence-electron chi connectivity index (χ4n) is 12.2. The molecule has 2 heterocycles. The van der Waals surface area contributed by atoms with Crippen molar-refractivity contribution in [3.8, 4) is 73.1 Å². The summed E-state index contributed by atoms with van der Waals surface area (Å²) in [4.78, 5) is 3.61. The Labute approximate surface area is 502 Å². The minimum Gasteiger partial charge on any atom is -0.309 e. The molecule has 0 fully saturated rings. The average Bonchev–Trinajstić information content (AvgIpc) is 1.60. The average molecular weight is 1240 g/mol. The topological polar surface area (TPSA) is 38.0 Å². The molecule has 2 aromatic heterocycles. The normalized spacial score (nSPS) is 12.6.